The van der Waals surface area contributed by atoms with Crippen LogP contribution in [0, 0.1) is 13.8 Å². The lowest BCUT2D eigenvalue weighted by Crippen LogP contribution is -2.08. The van der Waals surface area contributed by atoms with Crippen molar-refractivity contribution in [1.29, 1.82) is 0 Å². The van der Waals surface area contributed by atoms with Gasteiger partial charge in [0.2, 0.25) is 0 Å². The third kappa shape index (κ3) is 4.20. The highest BCUT2D eigenvalue weighted by Gasteiger charge is 2.11. The molecule has 0 fully saturated rings. The van der Waals surface area contributed by atoms with Crippen LogP contribution in [-0.2, 0) is 4.74 Å². The fraction of sp³-hybridized carbons (Fsp3) is 0.348. The summed E-state index contributed by atoms with van der Waals surface area (Å²) in [5, 5.41) is 1.98. The number of nitrogens with zero attached hydrogens (tertiary/aromatic N) is 1. The summed E-state index contributed by atoms with van der Waals surface area (Å²) in [7, 11) is 4.96. The first-order chi connectivity index (χ1) is 13.6. The fourth-order valence-electron chi connectivity index (χ4n) is 3.35. The summed E-state index contributed by atoms with van der Waals surface area (Å²) in [6.45, 7) is 5.56. The average Bonchev–Trinajstić information content (AvgIpc) is 2.69. The molecule has 0 aliphatic heterocycles. The zero-order chi connectivity index (χ0) is 20.1. The molecule has 0 bridgehead atoms. The molecule has 28 heavy (non-hydrogen) atoms. The maximum absolute atomic E-state index is 6.27. The zero-order valence-corrected chi connectivity index (χ0v) is 17.2. The number of ether oxygens (including phenoxy) is 3. The molecule has 3 rings (SSSR count). The molecule has 0 amide bonds. The largest absolute Gasteiger partial charge is 0.493 e. The lowest BCUT2D eigenvalue weighted by Gasteiger charge is -2.11. The van der Waals surface area contributed by atoms with Gasteiger partial charge in [-0.1, -0.05) is 6.07 Å². The summed E-state index contributed by atoms with van der Waals surface area (Å²) in [5.74, 6) is 2.08. The number of methoxy groups -OCH3 is 3. The van der Waals surface area contributed by atoms with Crippen LogP contribution in [-0.4, -0.2) is 34.5 Å². The molecule has 3 aromatic rings. The van der Waals surface area contributed by atoms with Gasteiger partial charge in [-0.15, -0.1) is 0 Å². The quantitative estimate of drug-likeness (QED) is 0.558. The third-order valence-electron chi connectivity index (χ3n) is 4.64. The predicted molar refractivity (Wildman–Crippen MR) is 111 cm³/mol. The number of hydrogen-bond donors (Lipinski definition) is 0. The summed E-state index contributed by atoms with van der Waals surface area (Å²) in [5.41, 5.74) is 4.05. The van der Waals surface area contributed by atoms with Crippen molar-refractivity contribution in [2.45, 2.75) is 20.3 Å². The van der Waals surface area contributed by atoms with E-state index in [0.717, 1.165) is 45.2 Å². The molecular weight excluding hydrogens is 354 g/mol. The summed E-state index contributed by atoms with van der Waals surface area (Å²) in [4.78, 5) is 4.83. The van der Waals surface area contributed by atoms with E-state index in [9.17, 15) is 0 Å². The van der Waals surface area contributed by atoms with E-state index in [4.69, 9.17) is 23.6 Å². The molecule has 1 heterocycles. The Morgan fingerprint density at radius 3 is 2.43 bits per heavy atom. The van der Waals surface area contributed by atoms with E-state index >= 15 is 0 Å². The molecule has 5 nitrogen and oxygen atoms in total. The highest BCUT2D eigenvalue weighted by atomic mass is 16.5. The molecule has 1 aromatic heterocycles. The third-order valence-corrected chi connectivity index (χ3v) is 4.64. The van der Waals surface area contributed by atoms with Crippen LogP contribution < -0.4 is 14.8 Å². The standard InChI is InChI=1S/C23H27NO4/c1-15-11-16(2)23-18(24-9-6-10-25-3)14-20(28-22(23)12-15)17-7-8-19(26-4)21(13-17)27-5/h7-8,11-14H,6,9-10H2,1-5H3. The van der Waals surface area contributed by atoms with Crippen molar-refractivity contribution in [2.75, 3.05) is 34.5 Å². The first kappa shape index (κ1) is 20.0. The molecule has 0 radical (unpaired) electrons. The molecule has 0 aliphatic carbocycles. The predicted octanol–water partition coefficient (Wildman–Crippen LogP) is 4.67. The number of aryl methyl sites for hydroxylation is 2. The molecule has 2 aromatic carbocycles. The van der Waals surface area contributed by atoms with Crippen molar-refractivity contribution in [3.8, 4) is 22.8 Å². The molecule has 0 unspecified atom stereocenters. The number of benzene rings is 2. The van der Waals surface area contributed by atoms with Crippen molar-refractivity contribution in [3.05, 3.63) is 52.9 Å². The normalized spacial score (nSPS) is 11.8. The minimum atomic E-state index is 0.661. The zero-order valence-electron chi connectivity index (χ0n) is 17.2. The topological polar surface area (TPSA) is 53.2 Å². The molecule has 0 aliphatic rings. The van der Waals surface area contributed by atoms with Crippen LogP contribution in [0.4, 0.5) is 0 Å². The summed E-state index contributed by atoms with van der Waals surface area (Å²) >= 11 is 0. The van der Waals surface area contributed by atoms with Crippen LogP contribution in [0.3, 0.4) is 0 Å². The molecule has 5 heteroatoms. The van der Waals surface area contributed by atoms with Gasteiger partial charge >= 0.3 is 0 Å². The van der Waals surface area contributed by atoms with E-state index in [1.165, 1.54) is 0 Å². The Kier molecular flexibility index (Phi) is 6.37. The van der Waals surface area contributed by atoms with Gasteiger partial charge in [0.15, 0.2) is 11.5 Å². The van der Waals surface area contributed by atoms with Crippen LogP contribution in [0.2, 0.25) is 0 Å². The van der Waals surface area contributed by atoms with Crippen molar-refractivity contribution >= 4 is 11.0 Å². The van der Waals surface area contributed by atoms with Gasteiger partial charge in [0, 0.05) is 37.3 Å². The fourth-order valence-corrected chi connectivity index (χ4v) is 3.35. The van der Waals surface area contributed by atoms with Crippen LogP contribution >= 0.6 is 0 Å². The highest BCUT2D eigenvalue weighted by Crippen LogP contribution is 2.33. The average molecular weight is 381 g/mol. The monoisotopic (exact) mass is 381 g/mol. The second-order valence-electron chi connectivity index (χ2n) is 6.75. The van der Waals surface area contributed by atoms with E-state index in [1.807, 2.05) is 24.3 Å². The van der Waals surface area contributed by atoms with Crippen molar-refractivity contribution in [2.24, 2.45) is 4.99 Å². The van der Waals surface area contributed by atoms with Gasteiger partial charge in [-0.25, -0.2) is 0 Å². The first-order valence-corrected chi connectivity index (χ1v) is 9.34. The van der Waals surface area contributed by atoms with Gasteiger partial charge in [0.1, 0.15) is 11.3 Å². The number of hydrogen-bond acceptors (Lipinski definition) is 5. The van der Waals surface area contributed by atoms with Gasteiger partial charge in [0.05, 0.1) is 19.6 Å². The van der Waals surface area contributed by atoms with Gasteiger partial charge < -0.3 is 18.6 Å². The van der Waals surface area contributed by atoms with Gasteiger partial charge in [0.25, 0.3) is 0 Å². The molecular formula is C23H27NO4. The second-order valence-corrected chi connectivity index (χ2v) is 6.75. The summed E-state index contributed by atoms with van der Waals surface area (Å²) in [6, 6.07) is 12.0. The summed E-state index contributed by atoms with van der Waals surface area (Å²) in [6.07, 6.45) is 0.876. The maximum Gasteiger partial charge on any atom is 0.161 e. The van der Waals surface area contributed by atoms with Crippen LogP contribution in [0.25, 0.3) is 22.3 Å². The second kappa shape index (κ2) is 8.93. The Hall–Kier alpha value is -2.79. The Morgan fingerprint density at radius 2 is 1.71 bits per heavy atom. The number of fused-ring (bicyclic) bond motifs is 1. The highest BCUT2D eigenvalue weighted by molar-refractivity contribution is 5.82. The SMILES string of the molecule is COCCCN=c1cc(-c2ccc(OC)c(OC)c2)oc2cc(C)cc(C)c12. The maximum atomic E-state index is 6.27. The lowest BCUT2D eigenvalue weighted by atomic mass is 10.0. The summed E-state index contributed by atoms with van der Waals surface area (Å²) < 4.78 is 22.2. The van der Waals surface area contributed by atoms with Crippen LogP contribution in [0.1, 0.15) is 17.5 Å². The molecule has 0 saturated heterocycles. The van der Waals surface area contributed by atoms with Crippen molar-refractivity contribution in [1.82, 2.24) is 0 Å². The minimum Gasteiger partial charge on any atom is -0.493 e. The molecule has 0 saturated carbocycles. The smallest absolute Gasteiger partial charge is 0.161 e. The van der Waals surface area contributed by atoms with E-state index < -0.39 is 0 Å². The molecule has 0 spiro atoms. The van der Waals surface area contributed by atoms with Crippen LogP contribution in [0.5, 0.6) is 11.5 Å². The van der Waals surface area contributed by atoms with Gasteiger partial charge in [-0.3, -0.25) is 4.99 Å². The molecule has 0 N–H and O–H groups in total. The Balaban J connectivity index is 2.18. The Morgan fingerprint density at radius 1 is 0.929 bits per heavy atom. The van der Waals surface area contributed by atoms with Gasteiger partial charge in [-0.2, -0.15) is 0 Å². The van der Waals surface area contributed by atoms with E-state index in [2.05, 4.69) is 26.0 Å². The van der Waals surface area contributed by atoms with Gasteiger partial charge in [-0.05, 0) is 55.7 Å². The molecule has 148 valence electrons. The first-order valence-electron chi connectivity index (χ1n) is 9.34. The van der Waals surface area contributed by atoms with Crippen LogP contribution in [0.15, 0.2) is 45.8 Å². The van der Waals surface area contributed by atoms with E-state index in [-0.39, 0.29) is 0 Å². The Labute approximate surface area is 165 Å². The van der Waals surface area contributed by atoms with Crippen molar-refractivity contribution < 1.29 is 18.6 Å². The van der Waals surface area contributed by atoms with E-state index in [1.54, 1.807) is 21.3 Å². The number of rotatable bonds is 7. The molecule has 0 atom stereocenters. The minimum absolute atomic E-state index is 0.661. The lowest BCUT2D eigenvalue weighted by molar-refractivity contribution is 0.196. The Bertz CT molecular complexity index is 1040. The van der Waals surface area contributed by atoms with E-state index in [0.29, 0.717) is 24.7 Å². The van der Waals surface area contributed by atoms with Crippen molar-refractivity contribution in [3.63, 3.8) is 0 Å².